The van der Waals surface area contributed by atoms with Gasteiger partial charge in [-0.3, -0.25) is 4.79 Å². The fraction of sp³-hybridized carbons (Fsp3) is 0.125. The van der Waals surface area contributed by atoms with Crippen molar-refractivity contribution in [3.8, 4) is 0 Å². The molecule has 1 amide bonds. The van der Waals surface area contributed by atoms with Gasteiger partial charge in [0, 0.05) is 11.9 Å². The Morgan fingerprint density at radius 1 is 1.42 bits per heavy atom. The number of rotatable bonds is 1. The van der Waals surface area contributed by atoms with Crippen molar-refractivity contribution in [2.45, 2.75) is 4.90 Å². The van der Waals surface area contributed by atoms with Crippen LogP contribution in [0.2, 0.25) is 0 Å². The summed E-state index contributed by atoms with van der Waals surface area (Å²) >= 11 is 4.11. The standard InChI is InChI=1S/C8H8N2OS/c1-9-10-8(11)6-4-2-3-5-7(6)12/h2-5,12H,1H3. The molecular weight excluding hydrogens is 172 g/mol. The normalized spacial score (nSPS) is 10.5. The van der Waals surface area contributed by atoms with E-state index in [0.29, 0.717) is 10.5 Å². The van der Waals surface area contributed by atoms with Gasteiger partial charge in [0.15, 0.2) is 0 Å². The number of carbonyl (C=O) groups excluding carboxylic acids is 1. The molecule has 0 bridgehead atoms. The van der Waals surface area contributed by atoms with Gasteiger partial charge in [-0.05, 0) is 12.1 Å². The van der Waals surface area contributed by atoms with Crippen LogP contribution in [0, 0.1) is 0 Å². The molecule has 0 aliphatic carbocycles. The summed E-state index contributed by atoms with van der Waals surface area (Å²) in [6.45, 7) is 0. The maximum Gasteiger partial charge on any atom is 0.296 e. The summed E-state index contributed by atoms with van der Waals surface area (Å²) in [4.78, 5) is 11.8. The number of nitrogens with zero attached hydrogens (tertiary/aromatic N) is 2. The molecule has 1 rings (SSSR count). The lowest BCUT2D eigenvalue weighted by molar-refractivity contribution is 0.0991. The first-order valence-corrected chi connectivity index (χ1v) is 3.82. The minimum Gasteiger partial charge on any atom is -0.265 e. The van der Waals surface area contributed by atoms with Gasteiger partial charge in [-0.2, -0.15) is 5.11 Å². The van der Waals surface area contributed by atoms with Crippen LogP contribution in [0.3, 0.4) is 0 Å². The monoisotopic (exact) mass is 180 g/mol. The molecule has 0 fully saturated rings. The van der Waals surface area contributed by atoms with Crippen molar-refractivity contribution in [1.82, 2.24) is 0 Å². The van der Waals surface area contributed by atoms with E-state index >= 15 is 0 Å². The second kappa shape index (κ2) is 4.01. The number of azo groups is 1. The highest BCUT2D eigenvalue weighted by atomic mass is 32.1. The van der Waals surface area contributed by atoms with E-state index in [9.17, 15) is 4.79 Å². The zero-order chi connectivity index (χ0) is 8.97. The molecule has 0 radical (unpaired) electrons. The minimum atomic E-state index is -0.358. The van der Waals surface area contributed by atoms with Gasteiger partial charge in [0.05, 0.1) is 5.56 Å². The van der Waals surface area contributed by atoms with E-state index in [4.69, 9.17) is 0 Å². The molecule has 3 nitrogen and oxygen atoms in total. The first-order valence-electron chi connectivity index (χ1n) is 3.38. The molecule has 0 spiro atoms. The molecule has 0 saturated heterocycles. The summed E-state index contributed by atoms with van der Waals surface area (Å²) < 4.78 is 0. The maximum atomic E-state index is 11.2. The second-order valence-corrected chi connectivity index (χ2v) is 2.60. The van der Waals surface area contributed by atoms with Crippen LogP contribution < -0.4 is 0 Å². The first kappa shape index (κ1) is 8.93. The maximum absolute atomic E-state index is 11.2. The minimum absolute atomic E-state index is 0.358. The van der Waals surface area contributed by atoms with Crippen LogP contribution in [0.25, 0.3) is 0 Å². The van der Waals surface area contributed by atoms with Gasteiger partial charge >= 0.3 is 0 Å². The SMILES string of the molecule is CN=NC(=O)c1ccccc1S. The second-order valence-electron chi connectivity index (χ2n) is 2.12. The average molecular weight is 180 g/mol. The van der Waals surface area contributed by atoms with Crippen LogP contribution in [-0.2, 0) is 0 Å². The predicted octanol–water partition coefficient (Wildman–Crippen LogP) is 2.20. The van der Waals surface area contributed by atoms with Gasteiger partial charge in [0.25, 0.3) is 5.91 Å². The summed E-state index contributed by atoms with van der Waals surface area (Å²) in [6, 6.07) is 6.97. The number of amides is 1. The lowest BCUT2D eigenvalue weighted by atomic mass is 10.2. The molecule has 4 heteroatoms. The van der Waals surface area contributed by atoms with Crippen LogP contribution in [0.4, 0.5) is 0 Å². The van der Waals surface area contributed by atoms with E-state index in [0.717, 1.165) is 0 Å². The molecule has 0 aliphatic rings. The third-order valence-electron chi connectivity index (χ3n) is 1.33. The van der Waals surface area contributed by atoms with Crippen LogP contribution >= 0.6 is 12.6 Å². The zero-order valence-corrected chi connectivity index (χ0v) is 7.45. The van der Waals surface area contributed by atoms with Crippen LogP contribution in [-0.4, -0.2) is 13.0 Å². The molecule has 1 aromatic carbocycles. The Morgan fingerprint density at radius 2 is 2.08 bits per heavy atom. The summed E-state index contributed by atoms with van der Waals surface area (Å²) in [5, 5.41) is 6.79. The van der Waals surface area contributed by atoms with Gasteiger partial charge in [-0.15, -0.1) is 17.7 Å². The number of hydrogen-bond donors (Lipinski definition) is 1. The van der Waals surface area contributed by atoms with Crippen molar-refractivity contribution in [2.24, 2.45) is 10.2 Å². The molecule has 0 unspecified atom stereocenters. The van der Waals surface area contributed by atoms with Crippen molar-refractivity contribution in [3.63, 3.8) is 0 Å². The van der Waals surface area contributed by atoms with Crippen molar-refractivity contribution in [3.05, 3.63) is 29.8 Å². The van der Waals surface area contributed by atoms with E-state index in [1.165, 1.54) is 7.05 Å². The fourth-order valence-electron chi connectivity index (χ4n) is 0.799. The van der Waals surface area contributed by atoms with Gasteiger partial charge < -0.3 is 0 Å². The Morgan fingerprint density at radius 3 is 2.67 bits per heavy atom. The number of hydrogen-bond acceptors (Lipinski definition) is 3. The van der Waals surface area contributed by atoms with Gasteiger partial charge in [0.2, 0.25) is 0 Å². The predicted molar refractivity (Wildman–Crippen MR) is 48.8 cm³/mol. The van der Waals surface area contributed by atoms with Crippen LogP contribution in [0.5, 0.6) is 0 Å². The van der Waals surface area contributed by atoms with E-state index in [1.807, 2.05) is 6.07 Å². The fourth-order valence-corrected chi connectivity index (χ4v) is 1.06. The first-order chi connectivity index (χ1) is 5.75. The Labute approximate surface area is 75.9 Å². The lowest BCUT2D eigenvalue weighted by Gasteiger charge is -1.96. The highest BCUT2D eigenvalue weighted by Gasteiger charge is 2.05. The van der Waals surface area contributed by atoms with E-state index < -0.39 is 0 Å². The van der Waals surface area contributed by atoms with Crippen molar-refractivity contribution >= 4 is 18.5 Å². The van der Waals surface area contributed by atoms with Gasteiger partial charge in [-0.25, -0.2) is 0 Å². The van der Waals surface area contributed by atoms with E-state index in [-0.39, 0.29) is 5.91 Å². The summed E-state index contributed by atoms with van der Waals surface area (Å²) in [5.74, 6) is -0.358. The molecule has 1 aromatic rings. The Hall–Kier alpha value is -1.16. The highest BCUT2D eigenvalue weighted by Crippen LogP contribution is 2.13. The molecule has 0 atom stereocenters. The average Bonchev–Trinajstić information content (AvgIpc) is 2.05. The quantitative estimate of drug-likeness (QED) is 0.522. The zero-order valence-electron chi connectivity index (χ0n) is 6.56. The number of carbonyl (C=O) groups is 1. The van der Waals surface area contributed by atoms with E-state index in [2.05, 4.69) is 22.9 Å². The van der Waals surface area contributed by atoms with Crippen LogP contribution in [0.15, 0.2) is 39.4 Å². The Kier molecular flexibility index (Phi) is 2.99. The largest absolute Gasteiger partial charge is 0.296 e. The van der Waals surface area contributed by atoms with E-state index in [1.54, 1.807) is 18.2 Å². The molecular formula is C8H8N2OS. The molecule has 62 valence electrons. The van der Waals surface area contributed by atoms with Crippen molar-refractivity contribution < 1.29 is 4.79 Å². The number of benzene rings is 1. The third kappa shape index (κ3) is 1.92. The summed E-state index contributed by atoms with van der Waals surface area (Å²) in [6.07, 6.45) is 0. The topological polar surface area (TPSA) is 41.8 Å². The summed E-state index contributed by atoms with van der Waals surface area (Å²) in [7, 11) is 1.46. The molecule has 0 heterocycles. The van der Waals surface area contributed by atoms with Gasteiger partial charge in [-0.1, -0.05) is 12.1 Å². The van der Waals surface area contributed by atoms with Crippen molar-refractivity contribution in [1.29, 1.82) is 0 Å². The Balaban J connectivity index is 3.03. The highest BCUT2D eigenvalue weighted by molar-refractivity contribution is 7.80. The molecule has 0 aromatic heterocycles. The molecule has 0 aliphatic heterocycles. The Bertz CT molecular complexity index is 323. The lowest BCUT2D eigenvalue weighted by Crippen LogP contribution is -1.94. The smallest absolute Gasteiger partial charge is 0.265 e. The van der Waals surface area contributed by atoms with Crippen LogP contribution in [0.1, 0.15) is 10.4 Å². The summed E-state index contributed by atoms with van der Waals surface area (Å²) in [5.41, 5.74) is 0.478. The van der Waals surface area contributed by atoms with Crippen molar-refractivity contribution in [2.75, 3.05) is 7.05 Å². The third-order valence-corrected chi connectivity index (χ3v) is 1.72. The molecule has 0 N–H and O–H groups in total. The number of thiol groups is 1. The molecule has 12 heavy (non-hydrogen) atoms. The van der Waals surface area contributed by atoms with Gasteiger partial charge in [0.1, 0.15) is 0 Å². The molecule has 0 saturated carbocycles.